The number of carbonyl (C=O) groups excluding carboxylic acids is 3. The Bertz CT molecular complexity index is 1080. The minimum absolute atomic E-state index is 0.124. The van der Waals surface area contributed by atoms with Crippen molar-refractivity contribution in [2.45, 2.75) is 38.8 Å². The fourth-order valence-electron chi connectivity index (χ4n) is 3.74. The summed E-state index contributed by atoms with van der Waals surface area (Å²) in [5.74, 6) is 0.0466. The lowest BCUT2D eigenvalue weighted by molar-refractivity contribution is -0.126. The molecule has 1 fully saturated rings. The highest BCUT2D eigenvalue weighted by molar-refractivity contribution is 6.22. The summed E-state index contributed by atoms with van der Waals surface area (Å²) < 4.78 is 0. The Morgan fingerprint density at radius 1 is 1.13 bits per heavy atom. The maximum atomic E-state index is 12.8. The molecule has 2 aromatic carbocycles. The van der Waals surface area contributed by atoms with Crippen molar-refractivity contribution < 1.29 is 14.4 Å². The molecule has 3 atom stereocenters. The number of hydrogen-bond donors (Lipinski definition) is 3. The summed E-state index contributed by atoms with van der Waals surface area (Å²) in [4.78, 5) is 46.9. The van der Waals surface area contributed by atoms with E-state index in [9.17, 15) is 14.4 Å². The van der Waals surface area contributed by atoms with Crippen molar-refractivity contribution in [2.75, 3.05) is 4.90 Å². The predicted molar refractivity (Wildman–Crippen MR) is 117 cm³/mol. The quantitative estimate of drug-likeness (QED) is 0.511. The van der Waals surface area contributed by atoms with Crippen LogP contribution >= 0.6 is 0 Å². The Kier molecular flexibility index (Phi) is 5.70. The number of aromatic nitrogens is 2. The maximum absolute atomic E-state index is 12.8. The first-order valence-corrected chi connectivity index (χ1v) is 10.4. The SMILES string of the molecule is CC[C@H](C)[C@H](NC(=O)C[C@@H]1NC(=O)N(c2ccccc2)C1=O)c1nc2ccccc2[nH]1. The molecule has 2 heterocycles. The number of imidazole rings is 1. The summed E-state index contributed by atoms with van der Waals surface area (Å²) in [5, 5.41) is 5.62. The van der Waals surface area contributed by atoms with Crippen LogP contribution in [0.1, 0.15) is 38.6 Å². The van der Waals surface area contributed by atoms with E-state index in [-0.39, 0.29) is 24.3 Å². The van der Waals surface area contributed by atoms with Crippen molar-refractivity contribution in [3.63, 3.8) is 0 Å². The van der Waals surface area contributed by atoms with Crippen LogP contribution in [0.4, 0.5) is 10.5 Å². The number of nitrogens with zero attached hydrogens (tertiary/aromatic N) is 2. The molecular weight excluding hydrogens is 394 g/mol. The Labute approximate surface area is 180 Å². The zero-order valence-corrected chi connectivity index (χ0v) is 17.5. The van der Waals surface area contributed by atoms with Crippen LogP contribution in [0, 0.1) is 5.92 Å². The van der Waals surface area contributed by atoms with Gasteiger partial charge in [-0.2, -0.15) is 0 Å². The molecule has 8 heteroatoms. The average Bonchev–Trinajstić information content (AvgIpc) is 3.32. The molecule has 8 nitrogen and oxygen atoms in total. The summed E-state index contributed by atoms with van der Waals surface area (Å²) in [6.07, 6.45) is 0.698. The van der Waals surface area contributed by atoms with Crippen molar-refractivity contribution in [3.8, 4) is 0 Å². The minimum atomic E-state index is -0.902. The van der Waals surface area contributed by atoms with Gasteiger partial charge in [0.05, 0.1) is 29.2 Å². The van der Waals surface area contributed by atoms with Gasteiger partial charge >= 0.3 is 6.03 Å². The van der Waals surface area contributed by atoms with Crippen LogP contribution in [-0.4, -0.2) is 33.9 Å². The monoisotopic (exact) mass is 419 g/mol. The van der Waals surface area contributed by atoms with Gasteiger partial charge in [-0.3, -0.25) is 9.59 Å². The molecule has 4 rings (SSSR count). The molecule has 4 amide bonds. The second-order valence-corrected chi connectivity index (χ2v) is 7.79. The number of imide groups is 1. The zero-order valence-electron chi connectivity index (χ0n) is 17.5. The van der Waals surface area contributed by atoms with E-state index in [2.05, 4.69) is 20.6 Å². The van der Waals surface area contributed by atoms with Crippen molar-refractivity contribution in [1.29, 1.82) is 0 Å². The Hall–Kier alpha value is -3.68. The maximum Gasteiger partial charge on any atom is 0.329 e. The first kappa shape index (κ1) is 20.6. The number of nitrogens with one attached hydrogen (secondary N) is 3. The molecular formula is C23H25N5O3. The third-order valence-electron chi connectivity index (χ3n) is 5.65. The summed E-state index contributed by atoms with van der Waals surface area (Å²) in [7, 11) is 0. The van der Waals surface area contributed by atoms with Crippen LogP contribution in [0.5, 0.6) is 0 Å². The molecule has 1 saturated heterocycles. The number of para-hydroxylation sites is 3. The topological polar surface area (TPSA) is 107 Å². The van der Waals surface area contributed by atoms with Crippen molar-refractivity contribution in [1.82, 2.24) is 20.6 Å². The lowest BCUT2D eigenvalue weighted by atomic mass is 9.98. The van der Waals surface area contributed by atoms with Gasteiger partial charge < -0.3 is 15.6 Å². The van der Waals surface area contributed by atoms with Crippen LogP contribution in [-0.2, 0) is 9.59 Å². The van der Waals surface area contributed by atoms with Gasteiger partial charge in [-0.15, -0.1) is 0 Å². The molecule has 0 unspecified atom stereocenters. The molecule has 31 heavy (non-hydrogen) atoms. The summed E-state index contributed by atoms with van der Waals surface area (Å²) in [6, 6.07) is 14.6. The highest BCUT2D eigenvalue weighted by Gasteiger charge is 2.40. The minimum Gasteiger partial charge on any atom is -0.346 e. The second kappa shape index (κ2) is 8.59. The number of rotatable bonds is 7. The fraction of sp³-hybridized carbons (Fsp3) is 0.304. The molecule has 3 N–H and O–H groups in total. The molecule has 160 valence electrons. The molecule has 1 aromatic heterocycles. The van der Waals surface area contributed by atoms with E-state index in [0.717, 1.165) is 22.4 Å². The molecule has 1 aliphatic heterocycles. The first-order valence-electron chi connectivity index (χ1n) is 10.4. The number of H-pyrrole nitrogens is 1. The van der Waals surface area contributed by atoms with E-state index in [4.69, 9.17) is 0 Å². The lowest BCUT2D eigenvalue weighted by Crippen LogP contribution is -2.39. The van der Waals surface area contributed by atoms with Gasteiger partial charge in [-0.05, 0) is 30.2 Å². The van der Waals surface area contributed by atoms with E-state index in [1.165, 1.54) is 0 Å². The summed E-state index contributed by atoms with van der Waals surface area (Å²) in [5.41, 5.74) is 2.21. The van der Waals surface area contributed by atoms with Crippen LogP contribution in [0.2, 0.25) is 0 Å². The van der Waals surface area contributed by atoms with Crippen molar-refractivity contribution in [2.24, 2.45) is 5.92 Å². The van der Waals surface area contributed by atoms with Crippen LogP contribution in [0.3, 0.4) is 0 Å². The highest BCUT2D eigenvalue weighted by atomic mass is 16.2. The van der Waals surface area contributed by atoms with Gasteiger partial charge in [0.1, 0.15) is 11.9 Å². The normalized spacial score (nSPS) is 18.1. The molecule has 1 aliphatic rings. The van der Waals surface area contributed by atoms with Crippen LogP contribution < -0.4 is 15.5 Å². The Morgan fingerprint density at radius 2 is 1.84 bits per heavy atom. The van der Waals surface area contributed by atoms with Crippen molar-refractivity contribution in [3.05, 3.63) is 60.4 Å². The van der Waals surface area contributed by atoms with Crippen LogP contribution in [0.25, 0.3) is 11.0 Å². The number of fused-ring (bicyclic) bond motifs is 1. The molecule has 0 bridgehead atoms. The number of benzene rings is 2. The number of anilines is 1. The molecule has 0 saturated carbocycles. The average molecular weight is 419 g/mol. The zero-order chi connectivity index (χ0) is 22.0. The van der Waals surface area contributed by atoms with E-state index >= 15 is 0 Å². The third-order valence-corrected chi connectivity index (χ3v) is 5.65. The largest absolute Gasteiger partial charge is 0.346 e. The number of urea groups is 1. The number of amides is 4. The standard InChI is InChI=1S/C23H25N5O3/c1-3-14(2)20(21-24-16-11-7-8-12-17(16)25-21)27-19(29)13-18-22(30)28(23(31)26-18)15-9-5-4-6-10-15/h4-12,14,18,20H,3,13H2,1-2H3,(H,24,25)(H,26,31)(H,27,29)/t14-,18-,20-/m0/s1. The van der Waals surface area contributed by atoms with E-state index < -0.39 is 18.0 Å². The van der Waals surface area contributed by atoms with Gasteiger partial charge in [0.25, 0.3) is 5.91 Å². The van der Waals surface area contributed by atoms with Gasteiger partial charge in [0, 0.05) is 0 Å². The smallest absolute Gasteiger partial charge is 0.329 e. The number of aromatic amines is 1. The first-order chi connectivity index (χ1) is 15.0. The molecule has 0 spiro atoms. The second-order valence-electron chi connectivity index (χ2n) is 7.79. The highest BCUT2D eigenvalue weighted by Crippen LogP contribution is 2.25. The number of carbonyl (C=O) groups is 3. The summed E-state index contributed by atoms with van der Waals surface area (Å²) in [6.45, 7) is 4.09. The van der Waals surface area contributed by atoms with Gasteiger partial charge in [-0.1, -0.05) is 50.6 Å². The van der Waals surface area contributed by atoms with Gasteiger partial charge in [-0.25, -0.2) is 14.7 Å². The Morgan fingerprint density at radius 3 is 2.55 bits per heavy atom. The molecule has 0 radical (unpaired) electrons. The lowest BCUT2D eigenvalue weighted by Gasteiger charge is -2.23. The van der Waals surface area contributed by atoms with E-state index in [0.29, 0.717) is 11.5 Å². The molecule has 0 aliphatic carbocycles. The number of hydrogen-bond acceptors (Lipinski definition) is 4. The van der Waals surface area contributed by atoms with Gasteiger partial charge in [0.15, 0.2) is 0 Å². The fourth-order valence-corrected chi connectivity index (χ4v) is 3.74. The predicted octanol–water partition coefficient (Wildman–Crippen LogP) is 3.28. The Balaban J connectivity index is 1.48. The van der Waals surface area contributed by atoms with Gasteiger partial charge in [0.2, 0.25) is 5.91 Å². The van der Waals surface area contributed by atoms with E-state index in [1.54, 1.807) is 30.3 Å². The third kappa shape index (κ3) is 4.14. The van der Waals surface area contributed by atoms with Crippen molar-refractivity contribution >= 4 is 34.6 Å². The summed E-state index contributed by atoms with van der Waals surface area (Å²) >= 11 is 0. The van der Waals surface area contributed by atoms with Crippen LogP contribution in [0.15, 0.2) is 54.6 Å². The van der Waals surface area contributed by atoms with E-state index in [1.807, 2.05) is 38.1 Å². The molecule has 3 aromatic rings.